The van der Waals surface area contributed by atoms with E-state index in [1.165, 1.54) is 0 Å². The second kappa shape index (κ2) is 2.96. The van der Waals surface area contributed by atoms with Gasteiger partial charge in [0, 0.05) is 11.5 Å². The van der Waals surface area contributed by atoms with Crippen LogP contribution < -0.4 is 5.56 Å². The van der Waals surface area contributed by atoms with Crippen molar-refractivity contribution in [3.8, 4) is 0 Å². The second-order valence-corrected chi connectivity index (χ2v) is 6.00. The van der Waals surface area contributed by atoms with Crippen LogP contribution in [0.4, 0.5) is 0 Å². The van der Waals surface area contributed by atoms with Crippen LogP contribution in [0.15, 0.2) is 4.79 Å². The van der Waals surface area contributed by atoms with Gasteiger partial charge < -0.3 is 4.98 Å². The molecule has 0 radical (unpaired) electrons. The van der Waals surface area contributed by atoms with E-state index < -0.39 is 0 Å². The van der Waals surface area contributed by atoms with Gasteiger partial charge in [0.25, 0.3) is 5.56 Å². The van der Waals surface area contributed by atoms with Crippen molar-refractivity contribution in [2.45, 2.75) is 51.9 Å². The quantitative estimate of drug-likeness (QED) is 0.786. The molecule has 0 spiro atoms. The molecule has 2 atom stereocenters. The molecule has 0 aliphatic heterocycles. The van der Waals surface area contributed by atoms with Crippen LogP contribution >= 0.6 is 0 Å². The van der Waals surface area contributed by atoms with Gasteiger partial charge >= 0.3 is 0 Å². The molecule has 1 saturated carbocycles. The molecule has 16 heavy (non-hydrogen) atoms. The number of aromatic amines is 1. The first-order chi connectivity index (χ1) is 7.49. The standard InChI is InChI=1S/C13H18N2O/c1-7-4-5-8-10(7)14-11(15-12(8)16)9-6-13(9,2)3/h7,9H,4-6H2,1-3H3,(H,14,15,16). The average Bonchev–Trinajstić information content (AvgIpc) is 2.67. The highest BCUT2D eigenvalue weighted by molar-refractivity contribution is 5.29. The van der Waals surface area contributed by atoms with Crippen molar-refractivity contribution in [1.29, 1.82) is 0 Å². The van der Waals surface area contributed by atoms with Crippen molar-refractivity contribution < 1.29 is 0 Å². The highest BCUT2D eigenvalue weighted by Gasteiger charge is 2.48. The summed E-state index contributed by atoms with van der Waals surface area (Å²) in [6.45, 7) is 6.63. The third-order valence-electron chi connectivity index (χ3n) is 4.20. The topological polar surface area (TPSA) is 45.8 Å². The summed E-state index contributed by atoms with van der Waals surface area (Å²) < 4.78 is 0. The molecular weight excluding hydrogens is 200 g/mol. The Morgan fingerprint density at radius 2 is 2.12 bits per heavy atom. The summed E-state index contributed by atoms with van der Waals surface area (Å²) in [6.07, 6.45) is 3.11. The highest BCUT2D eigenvalue weighted by Crippen LogP contribution is 2.57. The Labute approximate surface area is 95.3 Å². The minimum absolute atomic E-state index is 0.104. The lowest BCUT2D eigenvalue weighted by Gasteiger charge is -2.07. The number of H-pyrrole nitrogens is 1. The molecule has 2 unspecified atom stereocenters. The predicted molar refractivity (Wildman–Crippen MR) is 62.7 cm³/mol. The van der Waals surface area contributed by atoms with Gasteiger partial charge in [0.15, 0.2) is 0 Å². The van der Waals surface area contributed by atoms with Crippen LogP contribution in [0, 0.1) is 5.41 Å². The molecule has 2 aliphatic rings. The summed E-state index contributed by atoms with van der Waals surface area (Å²) in [5.74, 6) is 1.83. The Morgan fingerprint density at radius 1 is 1.44 bits per heavy atom. The molecule has 0 aromatic carbocycles. The molecule has 3 rings (SSSR count). The molecule has 3 heteroatoms. The van der Waals surface area contributed by atoms with Gasteiger partial charge in [0.05, 0.1) is 5.69 Å². The number of hydrogen-bond acceptors (Lipinski definition) is 2. The molecule has 86 valence electrons. The van der Waals surface area contributed by atoms with E-state index in [-0.39, 0.29) is 5.56 Å². The van der Waals surface area contributed by atoms with E-state index in [1.54, 1.807) is 0 Å². The maximum Gasteiger partial charge on any atom is 0.254 e. The van der Waals surface area contributed by atoms with E-state index in [0.29, 0.717) is 17.3 Å². The first-order valence-corrected chi connectivity index (χ1v) is 6.12. The van der Waals surface area contributed by atoms with Gasteiger partial charge in [-0.2, -0.15) is 0 Å². The monoisotopic (exact) mass is 218 g/mol. The first kappa shape index (κ1) is 10.1. The Hall–Kier alpha value is -1.12. The third-order valence-corrected chi connectivity index (χ3v) is 4.20. The predicted octanol–water partition coefficient (Wildman–Crippen LogP) is 2.33. The number of nitrogens with zero attached hydrogens (tertiary/aromatic N) is 1. The number of nitrogens with one attached hydrogen (secondary N) is 1. The number of aromatic nitrogens is 2. The lowest BCUT2D eigenvalue weighted by molar-refractivity contribution is 0.604. The third kappa shape index (κ3) is 1.34. The zero-order valence-corrected chi connectivity index (χ0v) is 10.1. The van der Waals surface area contributed by atoms with Crippen LogP contribution in [-0.4, -0.2) is 9.97 Å². The van der Waals surface area contributed by atoms with Crippen LogP contribution in [0.5, 0.6) is 0 Å². The average molecular weight is 218 g/mol. The minimum atomic E-state index is 0.104. The summed E-state index contributed by atoms with van der Waals surface area (Å²) in [7, 11) is 0. The van der Waals surface area contributed by atoms with Crippen LogP contribution in [0.25, 0.3) is 0 Å². The molecule has 1 N–H and O–H groups in total. The van der Waals surface area contributed by atoms with Gasteiger partial charge in [-0.05, 0) is 30.6 Å². The summed E-state index contributed by atoms with van der Waals surface area (Å²) in [6, 6.07) is 0. The molecule has 2 aliphatic carbocycles. The van der Waals surface area contributed by atoms with E-state index in [1.807, 2.05) is 0 Å². The molecule has 1 heterocycles. The Balaban J connectivity index is 2.07. The number of hydrogen-bond donors (Lipinski definition) is 1. The van der Waals surface area contributed by atoms with E-state index in [9.17, 15) is 4.79 Å². The van der Waals surface area contributed by atoms with Crippen LogP contribution in [0.2, 0.25) is 0 Å². The van der Waals surface area contributed by atoms with Crippen molar-refractivity contribution >= 4 is 0 Å². The van der Waals surface area contributed by atoms with Crippen molar-refractivity contribution in [2.24, 2.45) is 5.41 Å². The van der Waals surface area contributed by atoms with Crippen molar-refractivity contribution in [3.63, 3.8) is 0 Å². The van der Waals surface area contributed by atoms with Gasteiger partial charge in [-0.1, -0.05) is 20.8 Å². The fourth-order valence-electron chi connectivity index (χ4n) is 2.78. The smallest absolute Gasteiger partial charge is 0.254 e. The van der Waals surface area contributed by atoms with E-state index in [4.69, 9.17) is 4.98 Å². The minimum Gasteiger partial charge on any atom is -0.310 e. The Morgan fingerprint density at radius 3 is 2.75 bits per heavy atom. The SMILES string of the molecule is CC1CCc2c1nc(C1CC1(C)C)[nH]c2=O. The molecular formula is C13H18N2O. The zero-order chi connectivity index (χ0) is 11.5. The summed E-state index contributed by atoms with van der Waals surface area (Å²) >= 11 is 0. The van der Waals surface area contributed by atoms with Crippen molar-refractivity contribution in [1.82, 2.24) is 9.97 Å². The maximum absolute atomic E-state index is 11.9. The molecule has 0 saturated heterocycles. The molecule has 3 nitrogen and oxygen atoms in total. The molecule has 0 amide bonds. The highest BCUT2D eigenvalue weighted by atomic mass is 16.1. The molecule has 1 aromatic rings. The summed E-state index contributed by atoms with van der Waals surface area (Å²) in [4.78, 5) is 19.6. The Kier molecular flexibility index (Phi) is 1.86. The van der Waals surface area contributed by atoms with Gasteiger partial charge in [-0.3, -0.25) is 4.79 Å². The van der Waals surface area contributed by atoms with E-state index in [0.717, 1.165) is 36.3 Å². The fraction of sp³-hybridized carbons (Fsp3) is 0.692. The lowest BCUT2D eigenvalue weighted by Crippen LogP contribution is -2.17. The largest absolute Gasteiger partial charge is 0.310 e. The van der Waals surface area contributed by atoms with Crippen LogP contribution in [-0.2, 0) is 6.42 Å². The molecule has 0 bridgehead atoms. The normalized spacial score (nSPS) is 30.2. The molecule has 1 fully saturated rings. The van der Waals surface area contributed by atoms with Crippen molar-refractivity contribution in [2.75, 3.05) is 0 Å². The Bertz CT molecular complexity index is 501. The van der Waals surface area contributed by atoms with Gasteiger partial charge in [0.2, 0.25) is 0 Å². The number of rotatable bonds is 1. The molecule has 1 aromatic heterocycles. The van der Waals surface area contributed by atoms with E-state index in [2.05, 4.69) is 25.8 Å². The van der Waals surface area contributed by atoms with Crippen molar-refractivity contribution in [3.05, 3.63) is 27.4 Å². The van der Waals surface area contributed by atoms with E-state index >= 15 is 0 Å². The second-order valence-electron chi connectivity index (χ2n) is 6.00. The maximum atomic E-state index is 11.9. The van der Waals surface area contributed by atoms with Gasteiger partial charge in [0.1, 0.15) is 5.82 Å². The summed E-state index contributed by atoms with van der Waals surface area (Å²) in [5.41, 5.74) is 2.41. The van der Waals surface area contributed by atoms with Gasteiger partial charge in [-0.25, -0.2) is 4.98 Å². The fourth-order valence-corrected chi connectivity index (χ4v) is 2.78. The first-order valence-electron chi connectivity index (χ1n) is 6.12. The van der Waals surface area contributed by atoms with Crippen LogP contribution in [0.1, 0.15) is 62.5 Å². The summed E-state index contributed by atoms with van der Waals surface area (Å²) in [5, 5.41) is 0. The van der Waals surface area contributed by atoms with Gasteiger partial charge in [-0.15, -0.1) is 0 Å². The zero-order valence-electron chi connectivity index (χ0n) is 10.1. The van der Waals surface area contributed by atoms with Crippen LogP contribution in [0.3, 0.4) is 0 Å². The lowest BCUT2D eigenvalue weighted by atomic mass is 10.1. The number of fused-ring (bicyclic) bond motifs is 1.